The third-order valence-corrected chi connectivity index (χ3v) is 2.28. The molecule has 0 aliphatic heterocycles. The molecular formula is C11H17N3O2. The van der Waals surface area contributed by atoms with Gasteiger partial charge in [-0.25, -0.2) is 9.78 Å². The van der Waals surface area contributed by atoms with E-state index in [0.29, 0.717) is 23.7 Å². The van der Waals surface area contributed by atoms with E-state index in [-0.39, 0.29) is 0 Å². The highest BCUT2D eigenvalue weighted by Crippen LogP contribution is 2.18. The van der Waals surface area contributed by atoms with Crippen LogP contribution in [-0.2, 0) is 4.74 Å². The van der Waals surface area contributed by atoms with Crippen LogP contribution < -0.4 is 10.6 Å². The number of rotatable bonds is 4. The Kier molecular flexibility index (Phi) is 4.10. The monoisotopic (exact) mass is 223 g/mol. The van der Waals surface area contributed by atoms with Crippen molar-refractivity contribution >= 4 is 17.5 Å². The molecule has 0 amide bonds. The summed E-state index contributed by atoms with van der Waals surface area (Å²) in [5.41, 5.74) is 6.39. The van der Waals surface area contributed by atoms with Crippen LogP contribution in [0.25, 0.3) is 0 Å². The Morgan fingerprint density at radius 1 is 1.56 bits per heavy atom. The molecule has 16 heavy (non-hydrogen) atoms. The van der Waals surface area contributed by atoms with Gasteiger partial charge < -0.3 is 15.4 Å². The first kappa shape index (κ1) is 12.3. The molecule has 0 aliphatic rings. The first-order valence-corrected chi connectivity index (χ1v) is 5.23. The summed E-state index contributed by atoms with van der Waals surface area (Å²) >= 11 is 0. The van der Waals surface area contributed by atoms with Crippen LogP contribution in [0.3, 0.4) is 0 Å². The molecule has 5 heteroatoms. The molecule has 0 saturated heterocycles. The Labute approximate surface area is 95.2 Å². The van der Waals surface area contributed by atoms with Crippen molar-refractivity contribution in [1.29, 1.82) is 0 Å². The van der Waals surface area contributed by atoms with Gasteiger partial charge in [0.25, 0.3) is 0 Å². The molecule has 1 aromatic rings. The molecule has 5 nitrogen and oxygen atoms in total. The van der Waals surface area contributed by atoms with E-state index in [1.54, 1.807) is 13.0 Å². The van der Waals surface area contributed by atoms with Crippen molar-refractivity contribution < 1.29 is 9.53 Å². The fourth-order valence-corrected chi connectivity index (χ4v) is 1.21. The molecule has 0 atom stereocenters. The number of carbonyl (C=O) groups is 1. The summed E-state index contributed by atoms with van der Waals surface area (Å²) in [6.45, 7) is 4.90. The number of carbonyl (C=O) groups excluding carboxylic acids is 1. The molecule has 0 bridgehead atoms. The molecule has 0 aromatic carbocycles. The number of nitrogens with zero attached hydrogens (tertiary/aromatic N) is 2. The normalized spacial score (nSPS) is 9.94. The van der Waals surface area contributed by atoms with E-state index in [2.05, 4.69) is 4.98 Å². The summed E-state index contributed by atoms with van der Waals surface area (Å²) < 4.78 is 4.91. The average Bonchev–Trinajstić information content (AvgIpc) is 2.29. The quantitative estimate of drug-likeness (QED) is 0.779. The number of hydrogen-bond donors (Lipinski definition) is 1. The summed E-state index contributed by atoms with van der Waals surface area (Å²) in [5, 5.41) is 0. The molecule has 2 N–H and O–H groups in total. The molecular weight excluding hydrogens is 206 g/mol. The van der Waals surface area contributed by atoms with E-state index in [1.165, 1.54) is 6.20 Å². The number of esters is 1. The first-order valence-electron chi connectivity index (χ1n) is 5.23. The van der Waals surface area contributed by atoms with Gasteiger partial charge in [0, 0.05) is 13.6 Å². The van der Waals surface area contributed by atoms with E-state index < -0.39 is 5.97 Å². The van der Waals surface area contributed by atoms with Crippen LogP contribution in [0, 0.1) is 0 Å². The molecule has 88 valence electrons. The average molecular weight is 223 g/mol. The third kappa shape index (κ3) is 2.62. The van der Waals surface area contributed by atoms with Gasteiger partial charge in [-0.2, -0.15) is 0 Å². The van der Waals surface area contributed by atoms with Gasteiger partial charge in [0.2, 0.25) is 0 Å². The summed E-state index contributed by atoms with van der Waals surface area (Å²) in [5.74, 6) is 0.299. The smallest absolute Gasteiger partial charge is 0.340 e. The van der Waals surface area contributed by atoms with Crippen LogP contribution in [0.2, 0.25) is 0 Å². The van der Waals surface area contributed by atoms with Crippen molar-refractivity contribution in [2.75, 3.05) is 30.8 Å². The Balaban J connectivity index is 3.03. The van der Waals surface area contributed by atoms with Gasteiger partial charge in [0.05, 0.1) is 24.1 Å². The van der Waals surface area contributed by atoms with Crippen LogP contribution in [0.5, 0.6) is 0 Å². The van der Waals surface area contributed by atoms with Crippen LogP contribution in [-0.4, -0.2) is 31.2 Å². The van der Waals surface area contributed by atoms with Gasteiger partial charge >= 0.3 is 5.97 Å². The highest BCUT2D eigenvalue weighted by molar-refractivity contribution is 5.95. The molecule has 0 unspecified atom stereocenters. The highest BCUT2D eigenvalue weighted by Gasteiger charge is 2.13. The SMILES string of the molecule is CCOC(=O)c1cc(N(C)CC)ncc1N. The van der Waals surface area contributed by atoms with Gasteiger partial charge in [0.15, 0.2) is 0 Å². The molecule has 1 rings (SSSR count). The van der Waals surface area contributed by atoms with E-state index in [1.807, 2.05) is 18.9 Å². The lowest BCUT2D eigenvalue weighted by atomic mass is 10.2. The number of hydrogen-bond acceptors (Lipinski definition) is 5. The largest absolute Gasteiger partial charge is 0.462 e. The zero-order valence-corrected chi connectivity index (χ0v) is 9.86. The first-order chi connectivity index (χ1) is 7.60. The topological polar surface area (TPSA) is 68.5 Å². The molecule has 1 aromatic heterocycles. The lowest BCUT2D eigenvalue weighted by molar-refractivity contribution is 0.0527. The van der Waals surface area contributed by atoms with Gasteiger partial charge in [-0.05, 0) is 19.9 Å². The van der Waals surface area contributed by atoms with E-state index in [4.69, 9.17) is 10.5 Å². The lowest BCUT2D eigenvalue weighted by Crippen LogP contribution is -2.18. The van der Waals surface area contributed by atoms with E-state index >= 15 is 0 Å². The minimum atomic E-state index is -0.409. The van der Waals surface area contributed by atoms with Crippen molar-refractivity contribution in [3.63, 3.8) is 0 Å². The van der Waals surface area contributed by atoms with Gasteiger partial charge in [0.1, 0.15) is 5.82 Å². The molecule has 0 spiro atoms. The van der Waals surface area contributed by atoms with Crippen molar-refractivity contribution in [3.8, 4) is 0 Å². The summed E-state index contributed by atoms with van der Waals surface area (Å²) in [7, 11) is 1.90. The standard InChI is InChI=1S/C11H17N3O2/c1-4-14(3)10-6-8(9(12)7-13-10)11(15)16-5-2/h6-7H,4-5,12H2,1-3H3. The van der Waals surface area contributed by atoms with Crippen LogP contribution >= 0.6 is 0 Å². The Hall–Kier alpha value is -1.78. The lowest BCUT2D eigenvalue weighted by Gasteiger charge is -2.16. The Morgan fingerprint density at radius 3 is 2.81 bits per heavy atom. The number of aromatic nitrogens is 1. The van der Waals surface area contributed by atoms with Crippen molar-refractivity contribution in [2.45, 2.75) is 13.8 Å². The molecule has 0 fully saturated rings. The summed E-state index contributed by atoms with van der Waals surface area (Å²) in [6.07, 6.45) is 1.48. The van der Waals surface area contributed by atoms with Crippen LogP contribution in [0.4, 0.5) is 11.5 Å². The van der Waals surface area contributed by atoms with E-state index in [9.17, 15) is 4.79 Å². The Morgan fingerprint density at radius 2 is 2.25 bits per heavy atom. The predicted octanol–water partition coefficient (Wildman–Crippen LogP) is 1.30. The maximum Gasteiger partial charge on any atom is 0.340 e. The second kappa shape index (κ2) is 5.34. The number of ether oxygens (including phenoxy) is 1. The minimum absolute atomic E-state index is 0.333. The van der Waals surface area contributed by atoms with Crippen molar-refractivity contribution in [3.05, 3.63) is 17.8 Å². The van der Waals surface area contributed by atoms with Crippen LogP contribution in [0.15, 0.2) is 12.3 Å². The zero-order valence-electron chi connectivity index (χ0n) is 9.86. The maximum atomic E-state index is 11.6. The van der Waals surface area contributed by atoms with Crippen LogP contribution in [0.1, 0.15) is 24.2 Å². The molecule has 1 heterocycles. The second-order valence-electron chi connectivity index (χ2n) is 3.36. The number of pyridine rings is 1. The molecule has 0 radical (unpaired) electrons. The third-order valence-electron chi connectivity index (χ3n) is 2.28. The molecule has 0 saturated carbocycles. The minimum Gasteiger partial charge on any atom is -0.462 e. The fourth-order valence-electron chi connectivity index (χ4n) is 1.21. The predicted molar refractivity (Wildman–Crippen MR) is 63.5 cm³/mol. The summed E-state index contributed by atoms with van der Waals surface area (Å²) in [4.78, 5) is 17.6. The number of anilines is 2. The van der Waals surface area contributed by atoms with Crippen molar-refractivity contribution in [2.24, 2.45) is 0 Å². The second-order valence-corrected chi connectivity index (χ2v) is 3.36. The maximum absolute atomic E-state index is 11.6. The highest BCUT2D eigenvalue weighted by atomic mass is 16.5. The van der Waals surface area contributed by atoms with Gasteiger partial charge in [-0.1, -0.05) is 0 Å². The van der Waals surface area contributed by atoms with Crippen molar-refractivity contribution in [1.82, 2.24) is 4.98 Å². The van der Waals surface area contributed by atoms with Gasteiger partial charge in [-0.15, -0.1) is 0 Å². The summed E-state index contributed by atoms with van der Waals surface area (Å²) in [6, 6.07) is 1.65. The zero-order chi connectivity index (χ0) is 12.1. The number of nitrogens with two attached hydrogens (primary N) is 1. The Bertz CT molecular complexity index is 379. The van der Waals surface area contributed by atoms with Gasteiger partial charge in [-0.3, -0.25) is 0 Å². The van der Waals surface area contributed by atoms with E-state index in [0.717, 1.165) is 6.54 Å². The fraction of sp³-hybridized carbons (Fsp3) is 0.455. The molecule has 0 aliphatic carbocycles. The number of nitrogen functional groups attached to an aromatic ring is 1.